The van der Waals surface area contributed by atoms with Gasteiger partial charge in [0.05, 0.1) is 6.61 Å². The van der Waals surface area contributed by atoms with Crippen LogP contribution in [0.4, 0.5) is 0 Å². The average Bonchev–Trinajstić information content (AvgIpc) is 3.25. The van der Waals surface area contributed by atoms with E-state index in [2.05, 4.69) is 68.5 Å². The number of rotatable bonds is 34. The van der Waals surface area contributed by atoms with Crippen LogP contribution in [0.25, 0.3) is 0 Å². The van der Waals surface area contributed by atoms with Crippen molar-refractivity contribution in [2.75, 3.05) is 13.2 Å². The summed E-state index contributed by atoms with van der Waals surface area (Å²) in [5, 5.41) is 50.1. The van der Waals surface area contributed by atoms with Crippen LogP contribution in [0, 0.1) is 0 Å². The number of phosphoric acid groups is 1. The molecule has 0 saturated heterocycles. The van der Waals surface area contributed by atoms with Crippen molar-refractivity contribution < 1.29 is 63.1 Å². The molecule has 8 atom stereocenters. The average molecular weight is 891 g/mol. The fraction of sp³-hybridized carbons (Fsp3) is 0.583. The molecule has 0 bridgehead atoms. The molecule has 6 N–H and O–H groups in total. The van der Waals surface area contributed by atoms with Crippen molar-refractivity contribution in [3.05, 3.63) is 109 Å². The molecule has 1 rings (SSSR count). The van der Waals surface area contributed by atoms with Crippen molar-refractivity contribution in [3.8, 4) is 0 Å². The summed E-state index contributed by atoms with van der Waals surface area (Å²) in [6, 6.07) is 0. The zero-order chi connectivity index (χ0) is 45.7. The Labute approximate surface area is 370 Å². The summed E-state index contributed by atoms with van der Waals surface area (Å²) >= 11 is 0. The molecule has 0 amide bonds. The van der Waals surface area contributed by atoms with Gasteiger partial charge in [0.15, 0.2) is 6.10 Å². The zero-order valence-corrected chi connectivity index (χ0v) is 37.8. The second-order valence-electron chi connectivity index (χ2n) is 14.9. The van der Waals surface area contributed by atoms with Crippen LogP contribution in [0.2, 0.25) is 0 Å². The van der Waals surface area contributed by atoms with Gasteiger partial charge >= 0.3 is 19.8 Å². The van der Waals surface area contributed by atoms with Crippen LogP contribution < -0.4 is 0 Å². The Bertz CT molecular complexity index is 1500. The highest BCUT2D eigenvalue weighted by atomic mass is 31.2. The Morgan fingerprint density at radius 1 is 0.516 bits per heavy atom. The van der Waals surface area contributed by atoms with Crippen molar-refractivity contribution >= 4 is 19.8 Å². The summed E-state index contributed by atoms with van der Waals surface area (Å²) in [5.74, 6) is -1.21. The summed E-state index contributed by atoms with van der Waals surface area (Å²) in [5.41, 5.74) is 0. The Kier molecular flexibility index (Phi) is 33.7. The van der Waals surface area contributed by atoms with Crippen LogP contribution in [-0.4, -0.2) is 98.3 Å². The van der Waals surface area contributed by atoms with Gasteiger partial charge in [0.2, 0.25) is 0 Å². The molecule has 7 unspecified atom stereocenters. The predicted molar refractivity (Wildman–Crippen MR) is 244 cm³/mol. The maximum atomic E-state index is 12.8. The largest absolute Gasteiger partial charge is 0.472 e. The van der Waals surface area contributed by atoms with Crippen molar-refractivity contribution in [2.45, 2.75) is 166 Å². The molecule has 62 heavy (non-hydrogen) atoms. The highest BCUT2D eigenvalue weighted by Crippen LogP contribution is 2.47. The lowest BCUT2D eigenvalue weighted by Crippen LogP contribution is -2.64. The number of aliphatic hydroxyl groups excluding tert-OH is 5. The molecular weight excluding hydrogens is 815 g/mol. The van der Waals surface area contributed by atoms with E-state index in [0.717, 1.165) is 77.0 Å². The minimum atomic E-state index is -5.15. The molecule has 14 heteroatoms. The van der Waals surface area contributed by atoms with E-state index in [-0.39, 0.29) is 12.8 Å². The first-order chi connectivity index (χ1) is 29.9. The van der Waals surface area contributed by atoms with Crippen LogP contribution in [0.5, 0.6) is 0 Å². The van der Waals surface area contributed by atoms with E-state index in [4.69, 9.17) is 18.5 Å². The summed E-state index contributed by atoms with van der Waals surface area (Å²) in [6.07, 6.45) is 37.3. The van der Waals surface area contributed by atoms with E-state index in [0.29, 0.717) is 19.3 Å². The van der Waals surface area contributed by atoms with Gasteiger partial charge in [-0.1, -0.05) is 155 Å². The van der Waals surface area contributed by atoms with Crippen molar-refractivity contribution in [3.63, 3.8) is 0 Å². The van der Waals surface area contributed by atoms with Gasteiger partial charge in [-0.25, -0.2) is 4.57 Å². The number of hydrogen-bond donors (Lipinski definition) is 6. The molecule has 350 valence electrons. The van der Waals surface area contributed by atoms with E-state index < -0.39 is 75.7 Å². The first-order valence-electron chi connectivity index (χ1n) is 22.3. The third kappa shape index (κ3) is 29.0. The van der Waals surface area contributed by atoms with E-state index in [1.807, 2.05) is 54.7 Å². The van der Waals surface area contributed by atoms with Crippen LogP contribution in [-0.2, 0) is 32.7 Å². The lowest BCUT2D eigenvalue weighted by atomic mass is 9.85. The summed E-state index contributed by atoms with van der Waals surface area (Å²) in [4.78, 5) is 35.6. The first kappa shape index (κ1) is 56.5. The molecule has 0 aliphatic heterocycles. The number of hydrogen-bond acceptors (Lipinski definition) is 12. The Morgan fingerprint density at radius 3 is 1.55 bits per heavy atom. The Hall–Kier alpha value is -3.49. The second kappa shape index (κ2) is 36.9. The monoisotopic (exact) mass is 890 g/mol. The fourth-order valence-electron chi connectivity index (χ4n) is 5.95. The minimum absolute atomic E-state index is 0.00917. The van der Waals surface area contributed by atoms with E-state index in [1.165, 1.54) is 0 Å². The van der Waals surface area contributed by atoms with E-state index in [1.54, 1.807) is 0 Å². The molecular formula is C48H75O13P. The normalized spacial score (nSPS) is 22.9. The molecule has 0 aromatic carbocycles. The maximum Gasteiger partial charge on any atom is 0.472 e. The molecule has 0 radical (unpaired) electrons. The lowest BCUT2D eigenvalue weighted by Gasteiger charge is -2.41. The number of aliphatic hydroxyl groups is 5. The van der Waals surface area contributed by atoms with Gasteiger partial charge in [-0.05, 0) is 64.2 Å². The first-order valence-corrected chi connectivity index (χ1v) is 23.8. The smallest absolute Gasteiger partial charge is 0.462 e. The minimum Gasteiger partial charge on any atom is -0.462 e. The summed E-state index contributed by atoms with van der Waals surface area (Å²) in [7, 11) is -5.15. The highest BCUT2D eigenvalue weighted by molar-refractivity contribution is 7.47. The van der Waals surface area contributed by atoms with Gasteiger partial charge in [-0.2, -0.15) is 0 Å². The third-order valence-electron chi connectivity index (χ3n) is 9.49. The fourth-order valence-corrected chi connectivity index (χ4v) is 6.93. The number of unbranched alkanes of at least 4 members (excludes halogenated alkanes) is 8. The van der Waals surface area contributed by atoms with Gasteiger partial charge in [0.1, 0.15) is 43.2 Å². The van der Waals surface area contributed by atoms with Gasteiger partial charge < -0.3 is 39.9 Å². The van der Waals surface area contributed by atoms with Crippen LogP contribution in [0.15, 0.2) is 109 Å². The predicted octanol–water partition coefficient (Wildman–Crippen LogP) is 8.44. The molecule has 1 fully saturated rings. The molecule has 1 saturated carbocycles. The zero-order valence-electron chi connectivity index (χ0n) is 36.9. The Morgan fingerprint density at radius 2 is 0.968 bits per heavy atom. The molecule has 1 aliphatic rings. The lowest BCUT2D eigenvalue weighted by molar-refractivity contribution is -0.220. The van der Waals surface area contributed by atoms with E-state index >= 15 is 0 Å². The van der Waals surface area contributed by atoms with Crippen LogP contribution in [0.3, 0.4) is 0 Å². The van der Waals surface area contributed by atoms with Gasteiger partial charge in [0, 0.05) is 12.8 Å². The highest BCUT2D eigenvalue weighted by Gasteiger charge is 2.51. The maximum absolute atomic E-state index is 12.8. The third-order valence-corrected chi connectivity index (χ3v) is 10.5. The van der Waals surface area contributed by atoms with E-state index in [9.17, 15) is 44.6 Å². The molecule has 0 spiro atoms. The van der Waals surface area contributed by atoms with Crippen molar-refractivity contribution in [1.29, 1.82) is 0 Å². The molecule has 0 heterocycles. The number of phosphoric ester groups is 1. The van der Waals surface area contributed by atoms with Crippen molar-refractivity contribution in [1.82, 2.24) is 0 Å². The van der Waals surface area contributed by atoms with Gasteiger partial charge in [0.25, 0.3) is 0 Å². The quantitative estimate of drug-likeness (QED) is 0.0118. The summed E-state index contributed by atoms with van der Waals surface area (Å²) in [6.45, 7) is 2.94. The van der Waals surface area contributed by atoms with Crippen LogP contribution in [0.1, 0.15) is 123 Å². The number of allylic oxidation sites excluding steroid dienone is 18. The number of carbonyl (C=O) groups excluding carboxylic acids is 2. The number of esters is 2. The van der Waals surface area contributed by atoms with Crippen molar-refractivity contribution in [2.24, 2.45) is 0 Å². The van der Waals surface area contributed by atoms with Crippen LogP contribution >= 0.6 is 7.82 Å². The Balaban J connectivity index is 2.50. The molecule has 13 nitrogen and oxygen atoms in total. The molecule has 0 aromatic heterocycles. The number of ether oxygens (including phenoxy) is 2. The van der Waals surface area contributed by atoms with Gasteiger partial charge in [-0.15, -0.1) is 0 Å². The molecule has 1 aliphatic carbocycles. The molecule has 0 aromatic rings. The standard InChI is InChI=1S/C48H75O13P/c1-3-5-7-9-11-13-15-17-18-19-20-21-22-23-25-26-28-30-32-34-36-41(49)58-38-40(39-59-62(56,57)61-48-46(54)44(52)43(51)45(53)47(48)55)60-42(50)37-35-33-31-29-27-24-16-14-12-10-8-6-4-2/h5-8,10-14,16-18,20-21,24,27,29,31,40,43-48,51-55H,3-4,9,15,19,22-23,25-26,28,30,32-39H2,1-2H3,(H,56,57)/b7-5+,8-6+,12-10+,13-11+,16-14+,18-17+,21-20+,27-24+,31-29+/t40?,43?,44-,45?,46?,47?,48?/m0/s1. The number of carbonyl (C=O) groups is 2. The second-order valence-corrected chi connectivity index (χ2v) is 16.3. The van der Waals surface area contributed by atoms with Gasteiger partial charge in [-0.3, -0.25) is 18.6 Å². The SMILES string of the molecule is CC/C=C/C=C/C=C/C=C/C=C/CCCC(=O)OC(COC(=O)CCCCCCCCC/C=C/C/C=C/C/C=C/C/C=C/CC)COP(=O)(O)OC1C(O)C(O)C(O)[C@H](O)C1O. The topological polar surface area (TPSA) is 210 Å². The summed E-state index contributed by atoms with van der Waals surface area (Å²) < 4.78 is 33.4.